The van der Waals surface area contributed by atoms with Gasteiger partial charge >= 0.3 is 0 Å². The summed E-state index contributed by atoms with van der Waals surface area (Å²) >= 11 is 0. The second kappa shape index (κ2) is 8.94. The molecule has 0 spiro atoms. The van der Waals surface area contributed by atoms with Crippen LogP contribution in [0.2, 0.25) is 0 Å². The van der Waals surface area contributed by atoms with Crippen molar-refractivity contribution < 1.29 is 13.5 Å². The number of nitrogens with zero attached hydrogens (tertiary/aromatic N) is 7. The van der Waals surface area contributed by atoms with Gasteiger partial charge in [-0.1, -0.05) is 0 Å². The predicted molar refractivity (Wildman–Crippen MR) is 127 cm³/mol. The Labute approximate surface area is 202 Å². The van der Waals surface area contributed by atoms with Crippen molar-refractivity contribution in [3.8, 4) is 5.88 Å². The monoisotopic (exact) mass is 482 g/mol. The highest BCUT2D eigenvalue weighted by atomic mass is 19.2. The van der Waals surface area contributed by atoms with Crippen LogP contribution >= 0.6 is 0 Å². The van der Waals surface area contributed by atoms with Crippen LogP contribution in [0, 0.1) is 23.5 Å². The van der Waals surface area contributed by atoms with Gasteiger partial charge in [0.2, 0.25) is 17.8 Å². The van der Waals surface area contributed by atoms with Gasteiger partial charge in [0.15, 0.2) is 11.6 Å². The molecule has 1 aromatic carbocycles. The molecule has 2 fully saturated rings. The zero-order valence-corrected chi connectivity index (χ0v) is 19.6. The van der Waals surface area contributed by atoms with E-state index in [1.165, 1.54) is 6.07 Å². The van der Waals surface area contributed by atoms with Crippen LogP contribution in [0.4, 0.5) is 32.1 Å². The van der Waals surface area contributed by atoms with Crippen LogP contribution < -0.4 is 19.9 Å². The standard InChI is InChI=1S/C24H28F2N8O/c1-35-21-11-18(12-27-30-21)32-13-15-4-5-16(14-32)22(15)28-23-29-24-33(8-2-3-9-34(24)31-23)17-6-7-19(25)20(26)10-17/h6-7,10-12,15-16,22H,2-5,8-9,13-14H2,1H3,(H,28,31)/t15-,16+,22-. The molecule has 35 heavy (non-hydrogen) atoms. The van der Waals surface area contributed by atoms with Crippen molar-refractivity contribution in [1.82, 2.24) is 25.0 Å². The fraction of sp³-hybridized carbons (Fsp3) is 0.500. The highest BCUT2D eigenvalue weighted by Crippen LogP contribution is 2.40. The minimum absolute atomic E-state index is 0.284. The number of fused-ring (bicyclic) bond motifs is 3. The van der Waals surface area contributed by atoms with E-state index in [0.29, 0.717) is 41.8 Å². The van der Waals surface area contributed by atoms with Gasteiger partial charge in [-0.15, -0.1) is 10.2 Å². The number of methoxy groups -OCH3 is 1. The number of rotatable bonds is 5. The molecule has 2 bridgehead atoms. The lowest BCUT2D eigenvalue weighted by Gasteiger charge is -2.39. The summed E-state index contributed by atoms with van der Waals surface area (Å²) in [5.41, 5.74) is 1.61. The first kappa shape index (κ1) is 22.0. The molecular formula is C24H28F2N8O. The summed E-state index contributed by atoms with van der Waals surface area (Å²) < 4.78 is 34.6. The molecule has 2 aliphatic heterocycles. The lowest BCUT2D eigenvalue weighted by molar-refractivity contribution is 0.372. The molecular weight excluding hydrogens is 454 g/mol. The molecule has 6 rings (SSSR count). The van der Waals surface area contributed by atoms with Crippen LogP contribution in [0.15, 0.2) is 30.5 Å². The van der Waals surface area contributed by atoms with Gasteiger partial charge in [-0.25, -0.2) is 13.5 Å². The Balaban J connectivity index is 1.21. The third-order valence-electron chi connectivity index (χ3n) is 7.43. The first-order valence-corrected chi connectivity index (χ1v) is 12.1. The van der Waals surface area contributed by atoms with Crippen molar-refractivity contribution in [2.75, 3.05) is 41.9 Å². The summed E-state index contributed by atoms with van der Waals surface area (Å²) in [6.45, 7) is 3.25. The van der Waals surface area contributed by atoms with E-state index in [2.05, 4.69) is 20.4 Å². The van der Waals surface area contributed by atoms with Crippen LogP contribution in [-0.4, -0.2) is 57.7 Å². The van der Waals surface area contributed by atoms with Gasteiger partial charge in [0, 0.05) is 50.0 Å². The smallest absolute Gasteiger partial charge is 0.244 e. The number of ether oxygens (including phenoxy) is 1. The lowest BCUT2D eigenvalue weighted by Crippen LogP contribution is -2.48. The molecule has 3 aromatic rings. The fourth-order valence-corrected chi connectivity index (χ4v) is 5.70. The average molecular weight is 483 g/mol. The summed E-state index contributed by atoms with van der Waals surface area (Å²) in [6, 6.07) is 6.20. The molecule has 1 aliphatic carbocycles. The zero-order chi connectivity index (χ0) is 23.9. The van der Waals surface area contributed by atoms with Gasteiger partial charge in [0.05, 0.1) is 19.0 Å². The largest absolute Gasteiger partial charge is 0.480 e. The van der Waals surface area contributed by atoms with E-state index in [1.807, 2.05) is 15.6 Å². The SMILES string of the molecule is COc1cc(N2C[C@H]3CC[C@@H](C2)[C@@H]3Nc2nc3n(n2)CCCCN3c2ccc(F)c(F)c2)cnn1. The van der Waals surface area contributed by atoms with Gasteiger partial charge in [-0.05, 0) is 49.7 Å². The third kappa shape index (κ3) is 4.12. The summed E-state index contributed by atoms with van der Waals surface area (Å²) in [7, 11) is 1.60. The molecule has 3 aliphatic rings. The maximum absolute atomic E-state index is 13.9. The molecule has 1 saturated carbocycles. The fourth-order valence-electron chi connectivity index (χ4n) is 5.70. The van der Waals surface area contributed by atoms with Crippen molar-refractivity contribution in [3.63, 3.8) is 0 Å². The summed E-state index contributed by atoms with van der Waals surface area (Å²) in [4.78, 5) is 9.10. The zero-order valence-electron chi connectivity index (χ0n) is 19.6. The number of piperidine rings is 1. The van der Waals surface area contributed by atoms with Crippen molar-refractivity contribution in [2.24, 2.45) is 11.8 Å². The van der Waals surface area contributed by atoms with Crippen LogP contribution in [0.1, 0.15) is 25.7 Å². The Bertz CT molecular complexity index is 1210. The molecule has 0 unspecified atom stereocenters. The van der Waals surface area contributed by atoms with Crippen LogP contribution in [0.5, 0.6) is 5.88 Å². The Kier molecular flexibility index (Phi) is 5.62. The average Bonchev–Trinajstić information content (AvgIpc) is 3.27. The van der Waals surface area contributed by atoms with Gasteiger partial charge < -0.3 is 19.9 Å². The number of hydrogen-bond donors (Lipinski definition) is 1. The minimum atomic E-state index is -0.860. The van der Waals surface area contributed by atoms with Crippen LogP contribution in [0.25, 0.3) is 0 Å². The summed E-state index contributed by atoms with van der Waals surface area (Å²) in [6.07, 6.45) is 5.94. The quantitative estimate of drug-likeness (QED) is 0.591. The lowest BCUT2D eigenvalue weighted by atomic mass is 9.92. The molecule has 11 heteroatoms. The maximum atomic E-state index is 13.9. The van der Waals surface area contributed by atoms with Crippen molar-refractivity contribution in [2.45, 2.75) is 38.3 Å². The van der Waals surface area contributed by atoms with Crippen LogP contribution in [0.3, 0.4) is 0 Å². The normalized spacial score (nSPS) is 23.7. The predicted octanol–water partition coefficient (Wildman–Crippen LogP) is 3.61. The van der Waals surface area contributed by atoms with E-state index in [0.717, 1.165) is 57.1 Å². The Hall–Kier alpha value is -3.50. The highest BCUT2D eigenvalue weighted by molar-refractivity contribution is 5.59. The second-order valence-corrected chi connectivity index (χ2v) is 9.54. The van der Waals surface area contributed by atoms with E-state index < -0.39 is 11.6 Å². The first-order chi connectivity index (χ1) is 17.1. The summed E-state index contributed by atoms with van der Waals surface area (Å²) in [5.74, 6) is 0.978. The number of aryl methyl sites for hydroxylation is 1. The van der Waals surface area contributed by atoms with E-state index in [4.69, 9.17) is 14.8 Å². The number of nitrogens with one attached hydrogen (secondary N) is 1. The molecule has 184 valence electrons. The Morgan fingerprint density at radius 1 is 1.00 bits per heavy atom. The Morgan fingerprint density at radius 2 is 1.80 bits per heavy atom. The Morgan fingerprint density at radius 3 is 2.57 bits per heavy atom. The van der Waals surface area contributed by atoms with Crippen molar-refractivity contribution >= 4 is 23.3 Å². The molecule has 0 amide bonds. The van der Waals surface area contributed by atoms with E-state index >= 15 is 0 Å². The number of hydrogen-bond acceptors (Lipinski definition) is 8. The number of aromatic nitrogens is 5. The topological polar surface area (TPSA) is 84.2 Å². The number of anilines is 4. The van der Waals surface area contributed by atoms with Gasteiger partial charge in [0.1, 0.15) is 0 Å². The van der Waals surface area contributed by atoms with E-state index in [9.17, 15) is 8.78 Å². The van der Waals surface area contributed by atoms with E-state index in [1.54, 1.807) is 19.4 Å². The minimum Gasteiger partial charge on any atom is -0.480 e. The van der Waals surface area contributed by atoms with Gasteiger partial charge in [-0.3, -0.25) is 0 Å². The van der Waals surface area contributed by atoms with Crippen LogP contribution in [-0.2, 0) is 6.54 Å². The molecule has 9 nitrogen and oxygen atoms in total. The van der Waals surface area contributed by atoms with Gasteiger partial charge in [0.25, 0.3) is 0 Å². The van der Waals surface area contributed by atoms with Crippen molar-refractivity contribution in [3.05, 3.63) is 42.1 Å². The third-order valence-corrected chi connectivity index (χ3v) is 7.43. The van der Waals surface area contributed by atoms with Gasteiger partial charge in [-0.2, -0.15) is 10.1 Å². The molecule has 1 saturated heterocycles. The van der Waals surface area contributed by atoms with E-state index in [-0.39, 0.29) is 6.04 Å². The molecule has 2 aromatic heterocycles. The molecule has 3 atom stereocenters. The summed E-state index contributed by atoms with van der Waals surface area (Å²) in [5, 5.41) is 16.4. The molecule has 1 N–H and O–H groups in total. The highest BCUT2D eigenvalue weighted by Gasteiger charge is 2.43. The number of halogens is 2. The molecule has 4 heterocycles. The maximum Gasteiger partial charge on any atom is 0.244 e. The molecule has 0 radical (unpaired) electrons. The second-order valence-electron chi connectivity index (χ2n) is 9.54. The first-order valence-electron chi connectivity index (χ1n) is 12.1. The number of benzene rings is 1. The van der Waals surface area contributed by atoms with Crippen molar-refractivity contribution in [1.29, 1.82) is 0 Å².